The Morgan fingerprint density at radius 1 is 1.00 bits per heavy atom. The van der Waals surface area contributed by atoms with Gasteiger partial charge in [0.1, 0.15) is 5.78 Å². The van der Waals surface area contributed by atoms with Crippen molar-refractivity contribution in [2.24, 2.45) is 0 Å². The van der Waals surface area contributed by atoms with E-state index in [4.69, 9.17) is 0 Å². The van der Waals surface area contributed by atoms with Gasteiger partial charge in [-0.1, -0.05) is 49.7 Å². The molecule has 18 heavy (non-hydrogen) atoms. The van der Waals surface area contributed by atoms with Gasteiger partial charge < -0.3 is 0 Å². The molecule has 0 heterocycles. The van der Waals surface area contributed by atoms with Crippen molar-refractivity contribution in [2.45, 2.75) is 39.0 Å². The van der Waals surface area contributed by atoms with Crippen molar-refractivity contribution in [1.29, 1.82) is 0 Å². The number of unbranched alkanes of at least 4 members (excludes halogenated alkanes) is 1. The Morgan fingerprint density at radius 2 is 1.44 bits per heavy atom. The van der Waals surface area contributed by atoms with Crippen LogP contribution in [0.2, 0.25) is 0 Å². The highest BCUT2D eigenvalue weighted by Crippen LogP contribution is 2.00. The average Bonchev–Trinajstić information content (AvgIpc) is 2.39. The highest BCUT2D eigenvalue weighted by molar-refractivity contribution is 5.78. The van der Waals surface area contributed by atoms with Gasteiger partial charge in [-0.25, -0.2) is 0 Å². The summed E-state index contributed by atoms with van der Waals surface area (Å²) in [7, 11) is 0. The monoisotopic (exact) mass is 251 g/mol. The molecule has 1 aromatic rings. The number of nitrogens with zero attached hydrogens (tertiary/aromatic N) is 1. The topological polar surface area (TPSA) is 60.2 Å². The van der Waals surface area contributed by atoms with Crippen molar-refractivity contribution in [3.63, 3.8) is 0 Å². The lowest BCUT2D eigenvalue weighted by atomic mass is 10.1. The normalized spacial score (nSPS) is 9.17. The van der Waals surface area contributed by atoms with Crippen LogP contribution in [0.25, 0.3) is 0 Å². The quantitative estimate of drug-likeness (QED) is 0.550. The molecule has 0 unspecified atom stereocenters. The molecule has 100 valence electrons. The van der Waals surface area contributed by atoms with Crippen LogP contribution in [0.4, 0.5) is 0 Å². The van der Waals surface area contributed by atoms with E-state index in [2.05, 4.69) is 0 Å². The Kier molecular flexibility index (Phi) is 10.6. The van der Waals surface area contributed by atoms with Gasteiger partial charge in [-0.3, -0.25) is 14.9 Å². The molecule has 0 amide bonds. The van der Waals surface area contributed by atoms with E-state index >= 15 is 0 Å². The molecular formula is C14H21NO3. The van der Waals surface area contributed by atoms with Crippen LogP contribution in [-0.2, 0) is 4.79 Å². The van der Waals surface area contributed by atoms with Crippen LogP contribution < -0.4 is 0 Å². The molecule has 0 saturated carbocycles. The maximum absolute atomic E-state index is 11.0. The van der Waals surface area contributed by atoms with E-state index in [1.807, 2.05) is 43.3 Å². The first kappa shape index (κ1) is 16.3. The summed E-state index contributed by atoms with van der Waals surface area (Å²) in [5.41, 5.74) is 0. The van der Waals surface area contributed by atoms with E-state index in [1.54, 1.807) is 0 Å². The molecule has 0 aliphatic rings. The third-order valence-corrected chi connectivity index (χ3v) is 2.27. The molecule has 4 heteroatoms. The highest BCUT2D eigenvalue weighted by Gasteiger charge is 2.03. The maximum atomic E-state index is 11.0. The van der Waals surface area contributed by atoms with E-state index in [9.17, 15) is 14.9 Å². The number of hydrogen-bond acceptors (Lipinski definition) is 3. The van der Waals surface area contributed by atoms with Crippen LogP contribution in [0.3, 0.4) is 0 Å². The van der Waals surface area contributed by atoms with Gasteiger partial charge in [-0.15, -0.1) is 0 Å². The summed E-state index contributed by atoms with van der Waals surface area (Å²) in [4.78, 5) is 20.5. The van der Waals surface area contributed by atoms with Gasteiger partial charge >= 0.3 is 0 Å². The molecule has 0 atom stereocenters. The van der Waals surface area contributed by atoms with Crippen molar-refractivity contribution in [3.8, 4) is 0 Å². The van der Waals surface area contributed by atoms with E-state index in [0.29, 0.717) is 19.3 Å². The second-order valence-electron chi connectivity index (χ2n) is 3.96. The molecule has 0 radical (unpaired) electrons. The third-order valence-electron chi connectivity index (χ3n) is 2.27. The fourth-order valence-electron chi connectivity index (χ4n) is 1.29. The van der Waals surface area contributed by atoms with Crippen molar-refractivity contribution in [2.75, 3.05) is 6.54 Å². The molecule has 0 aliphatic carbocycles. The fraction of sp³-hybridized carbons (Fsp3) is 0.500. The predicted octanol–water partition coefficient (Wildman–Crippen LogP) is 3.49. The van der Waals surface area contributed by atoms with Crippen molar-refractivity contribution in [3.05, 3.63) is 46.5 Å². The highest BCUT2D eigenvalue weighted by atomic mass is 16.6. The van der Waals surface area contributed by atoms with Crippen molar-refractivity contribution >= 4 is 5.78 Å². The second kappa shape index (κ2) is 11.8. The van der Waals surface area contributed by atoms with Gasteiger partial charge in [0, 0.05) is 24.2 Å². The zero-order chi connectivity index (χ0) is 13.6. The summed E-state index contributed by atoms with van der Waals surface area (Å²) < 4.78 is 0. The fourth-order valence-corrected chi connectivity index (χ4v) is 1.29. The van der Waals surface area contributed by atoms with Gasteiger partial charge in [-0.2, -0.15) is 0 Å². The number of hydrogen-bond donors (Lipinski definition) is 0. The molecule has 0 aromatic heterocycles. The first-order valence-corrected chi connectivity index (χ1v) is 6.30. The molecule has 1 aromatic carbocycles. The Bertz CT molecular complexity index is 298. The first-order chi connectivity index (χ1) is 8.66. The molecule has 0 spiro atoms. The molecule has 4 nitrogen and oxygen atoms in total. The average molecular weight is 251 g/mol. The SMILES string of the molecule is CCCCC(=O)CCC[N+](=O)[O-].c1ccccc1. The molecular weight excluding hydrogens is 230 g/mol. The van der Waals surface area contributed by atoms with Gasteiger partial charge in [0.2, 0.25) is 6.54 Å². The summed E-state index contributed by atoms with van der Waals surface area (Å²) in [5.74, 6) is 0.152. The van der Waals surface area contributed by atoms with Crippen LogP contribution in [0.1, 0.15) is 39.0 Å². The Labute approximate surface area is 108 Å². The summed E-state index contributed by atoms with van der Waals surface area (Å²) >= 11 is 0. The minimum Gasteiger partial charge on any atom is -0.300 e. The number of Topliss-reactive ketones (excluding diaryl/α,β-unsaturated/α-hetero) is 1. The zero-order valence-electron chi connectivity index (χ0n) is 10.9. The minimum atomic E-state index is -0.382. The smallest absolute Gasteiger partial charge is 0.204 e. The lowest BCUT2D eigenvalue weighted by Gasteiger charge is -1.96. The molecule has 0 bridgehead atoms. The Morgan fingerprint density at radius 3 is 1.83 bits per heavy atom. The standard InChI is InChI=1S/C8H15NO3.C6H6/c1-2-3-5-8(10)6-4-7-9(11)12;1-2-4-6-5-3-1/h2-7H2,1H3;1-6H. The van der Waals surface area contributed by atoms with Gasteiger partial charge in [0.25, 0.3) is 0 Å². The number of rotatable bonds is 7. The minimum absolute atomic E-state index is 0.0855. The maximum Gasteiger partial charge on any atom is 0.204 e. The molecule has 0 saturated heterocycles. The largest absolute Gasteiger partial charge is 0.300 e. The Balaban J connectivity index is 0.000000397. The van der Waals surface area contributed by atoms with Gasteiger partial charge in [-0.05, 0) is 6.42 Å². The van der Waals surface area contributed by atoms with E-state index < -0.39 is 0 Å². The number of carbonyl (C=O) groups is 1. The summed E-state index contributed by atoms with van der Waals surface area (Å²) in [6.07, 6.45) is 3.23. The molecule has 0 aliphatic heterocycles. The van der Waals surface area contributed by atoms with E-state index in [-0.39, 0.29) is 17.3 Å². The van der Waals surface area contributed by atoms with Crippen LogP contribution in [0.15, 0.2) is 36.4 Å². The van der Waals surface area contributed by atoms with Crippen LogP contribution >= 0.6 is 0 Å². The van der Waals surface area contributed by atoms with Crippen LogP contribution in [-0.4, -0.2) is 17.3 Å². The number of ketones is 1. The third kappa shape index (κ3) is 12.4. The molecule has 0 N–H and O–H groups in total. The summed E-state index contributed by atoms with van der Waals surface area (Å²) in [5, 5.41) is 9.89. The predicted molar refractivity (Wildman–Crippen MR) is 72.1 cm³/mol. The summed E-state index contributed by atoms with van der Waals surface area (Å²) in [6.45, 7) is 1.93. The molecule has 0 fully saturated rings. The van der Waals surface area contributed by atoms with Gasteiger partial charge in [0.15, 0.2) is 0 Å². The number of nitro groups is 1. The van der Waals surface area contributed by atoms with E-state index in [0.717, 1.165) is 12.8 Å². The van der Waals surface area contributed by atoms with Crippen LogP contribution in [0, 0.1) is 10.1 Å². The zero-order valence-corrected chi connectivity index (χ0v) is 10.9. The van der Waals surface area contributed by atoms with Crippen molar-refractivity contribution in [1.82, 2.24) is 0 Å². The van der Waals surface area contributed by atoms with E-state index in [1.165, 1.54) is 0 Å². The molecule has 1 rings (SSSR count). The van der Waals surface area contributed by atoms with Crippen LogP contribution in [0.5, 0.6) is 0 Å². The lowest BCUT2D eigenvalue weighted by Crippen LogP contribution is -2.04. The lowest BCUT2D eigenvalue weighted by molar-refractivity contribution is -0.480. The second-order valence-corrected chi connectivity index (χ2v) is 3.96. The van der Waals surface area contributed by atoms with Crippen molar-refractivity contribution < 1.29 is 9.72 Å². The first-order valence-electron chi connectivity index (χ1n) is 6.30. The Hall–Kier alpha value is -1.71. The number of carbonyl (C=O) groups excluding carboxylic acids is 1. The van der Waals surface area contributed by atoms with Gasteiger partial charge in [0.05, 0.1) is 0 Å². The number of benzene rings is 1. The summed E-state index contributed by atoms with van der Waals surface area (Å²) in [6, 6.07) is 12.0.